The van der Waals surface area contributed by atoms with Crippen LogP contribution in [0.1, 0.15) is 23.7 Å². The van der Waals surface area contributed by atoms with Crippen LogP contribution in [0.25, 0.3) is 0 Å². The Bertz CT molecular complexity index is 611. The molecule has 0 radical (unpaired) electrons. The molecule has 19 heavy (non-hydrogen) atoms. The van der Waals surface area contributed by atoms with Crippen molar-refractivity contribution < 1.29 is 13.9 Å². The van der Waals surface area contributed by atoms with Gasteiger partial charge in [0, 0.05) is 10.9 Å². The van der Waals surface area contributed by atoms with Gasteiger partial charge in [-0.2, -0.15) is 0 Å². The van der Waals surface area contributed by atoms with Crippen molar-refractivity contribution in [3.05, 3.63) is 58.3 Å². The van der Waals surface area contributed by atoms with E-state index in [2.05, 4.69) is 15.9 Å². The van der Waals surface area contributed by atoms with Crippen molar-refractivity contribution in [1.29, 1.82) is 0 Å². The Morgan fingerprint density at radius 3 is 2.68 bits per heavy atom. The van der Waals surface area contributed by atoms with Crippen LogP contribution in [0.15, 0.2) is 46.9 Å². The fraction of sp³-hybridized carbons (Fsp3) is 0.133. The molecule has 0 spiro atoms. The molecule has 2 aromatic rings. The first-order valence-corrected chi connectivity index (χ1v) is 6.66. The van der Waals surface area contributed by atoms with Crippen molar-refractivity contribution in [2.45, 2.75) is 13.3 Å². The smallest absolute Gasteiger partial charge is 0.166 e. The third-order valence-corrected chi connectivity index (χ3v) is 3.11. The number of ketones is 1. The highest BCUT2D eigenvalue weighted by Crippen LogP contribution is 2.30. The van der Waals surface area contributed by atoms with Crippen LogP contribution in [-0.2, 0) is 0 Å². The van der Waals surface area contributed by atoms with Gasteiger partial charge >= 0.3 is 0 Å². The van der Waals surface area contributed by atoms with E-state index in [1.165, 1.54) is 12.1 Å². The fourth-order valence-corrected chi connectivity index (χ4v) is 1.99. The molecule has 0 amide bonds. The normalized spacial score (nSPS) is 10.3. The third kappa shape index (κ3) is 3.20. The summed E-state index contributed by atoms with van der Waals surface area (Å²) in [6, 6.07) is 11.3. The van der Waals surface area contributed by atoms with Crippen molar-refractivity contribution in [2.24, 2.45) is 0 Å². The summed E-state index contributed by atoms with van der Waals surface area (Å²) >= 11 is 3.26. The number of halogens is 2. The van der Waals surface area contributed by atoms with E-state index in [0.717, 1.165) is 0 Å². The molecule has 2 nitrogen and oxygen atoms in total. The van der Waals surface area contributed by atoms with Crippen LogP contribution in [0.4, 0.5) is 4.39 Å². The second-order valence-electron chi connectivity index (χ2n) is 3.95. The molecule has 0 aromatic heterocycles. The van der Waals surface area contributed by atoms with Crippen LogP contribution in [-0.4, -0.2) is 5.78 Å². The Morgan fingerprint density at radius 2 is 1.95 bits per heavy atom. The fourth-order valence-electron chi connectivity index (χ4n) is 1.65. The van der Waals surface area contributed by atoms with Crippen LogP contribution >= 0.6 is 15.9 Å². The Kier molecular flexibility index (Phi) is 4.32. The van der Waals surface area contributed by atoms with Crippen LogP contribution in [0.2, 0.25) is 0 Å². The van der Waals surface area contributed by atoms with Gasteiger partial charge in [-0.25, -0.2) is 4.39 Å². The zero-order valence-electron chi connectivity index (χ0n) is 10.3. The third-order valence-electron chi connectivity index (χ3n) is 2.62. The number of hydrogen-bond donors (Lipinski definition) is 0. The lowest BCUT2D eigenvalue weighted by Crippen LogP contribution is -2.00. The molecular weight excluding hydrogens is 311 g/mol. The first kappa shape index (κ1) is 13.7. The predicted molar refractivity (Wildman–Crippen MR) is 75.2 cm³/mol. The van der Waals surface area contributed by atoms with E-state index in [4.69, 9.17) is 4.74 Å². The molecule has 0 heterocycles. The molecule has 2 rings (SSSR count). The van der Waals surface area contributed by atoms with Gasteiger partial charge in [-0.3, -0.25) is 4.79 Å². The van der Waals surface area contributed by atoms with Gasteiger partial charge in [0.2, 0.25) is 0 Å². The van der Waals surface area contributed by atoms with Crippen LogP contribution in [0.5, 0.6) is 11.5 Å². The Hall–Kier alpha value is -1.68. The van der Waals surface area contributed by atoms with Gasteiger partial charge in [0.05, 0.1) is 5.56 Å². The predicted octanol–water partition coefficient (Wildman–Crippen LogP) is 4.97. The van der Waals surface area contributed by atoms with Gasteiger partial charge in [-0.05, 0) is 30.3 Å². The maximum absolute atomic E-state index is 13.6. The van der Waals surface area contributed by atoms with Crippen molar-refractivity contribution in [3.8, 4) is 11.5 Å². The molecule has 4 heteroatoms. The van der Waals surface area contributed by atoms with Crippen LogP contribution in [0.3, 0.4) is 0 Å². The van der Waals surface area contributed by atoms with Gasteiger partial charge in [-0.15, -0.1) is 0 Å². The lowest BCUT2D eigenvalue weighted by atomic mass is 10.1. The lowest BCUT2D eigenvalue weighted by molar-refractivity contribution is 0.0986. The molecular formula is C15H12BrFO2. The summed E-state index contributed by atoms with van der Waals surface area (Å²) in [6.45, 7) is 1.78. The van der Waals surface area contributed by atoms with E-state index in [9.17, 15) is 9.18 Å². The number of Topliss-reactive ketones (excluding diaryl/α,β-unsaturated/α-hetero) is 1. The van der Waals surface area contributed by atoms with E-state index < -0.39 is 5.82 Å². The Labute approximate surface area is 119 Å². The number of benzene rings is 2. The molecule has 0 bridgehead atoms. The highest BCUT2D eigenvalue weighted by molar-refractivity contribution is 9.10. The minimum absolute atomic E-state index is 0.0361. The van der Waals surface area contributed by atoms with Crippen LogP contribution in [0, 0.1) is 5.82 Å². The molecule has 0 fully saturated rings. The monoisotopic (exact) mass is 322 g/mol. The molecule has 0 aliphatic heterocycles. The molecule has 0 aliphatic carbocycles. The van der Waals surface area contributed by atoms with Crippen LogP contribution < -0.4 is 4.74 Å². The molecule has 0 unspecified atom stereocenters. The number of rotatable bonds is 4. The summed E-state index contributed by atoms with van der Waals surface area (Å²) in [6.07, 6.45) is 0.376. The zero-order valence-corrected chi connectivity index (χ0v) is 11.9. The van der Waals surface area contributed by atoms with E-state index in [1.807, 2.05) is 0 Å². The quantitative estimate of drug-likeness (QED) is 0.742. The lowest BCUT2D eigenvalue weighted by Gasteiger charge is -2.10. The number of carbonyl (C=O) groups excluding carboxylic acids is 1. The summed E-state index contributed by atoms with van der Waals surface area (Å²) in [5.74, 6) is -0.0509. The van der Waals surface area contributed by atoms with Gasteiger partial charge in [0.25, 0.3) is 0 Å². The average Bonchev–Trinajstić information content (AvgIpc) is 2.42. The number of hydrogen-bond acceptors (Lipinski definition) is 2. The molecule has 0 saturated heterocycles. The molecule has 0 saturated carbocycles. The number of ether oxygens (including phenoxy) is 1. The molecule has 98 valence electrons. The highest BCUT2D eigenvalue weighted by Gasteiger charge is 2.12. The summed E-state index contributed by atoms with van der Waals surface area (Å²) < 4.78 is 19.9. The second kappa shape index (κ2) is 5.97. The standard InChI is InChI=1S/C15H12BrFO2/c1-2-13(18)11-5-3-4-6-14(11)19-15-9-10(16)7-8-12(15)17/h3-9H,2H2,1H3. The first-order valence-electron chi connectivity index (χ1n) is 5.87. The van der Waals surface area contributed by atoms with Crippen molar-refractivity contribution in [3.63, 3.8) is 0 Å². The van der Waals surface area contributed by atoms with E-state index in [-0.39, 0.29) is 11.5 Å². The largest absolute Gasteiger partial charge is 0.453 e. The molecule has 0 aliphatic rings. The Morgan fingerprint density at radius 1 is 1.21 bits per heavy atom. The van der Waals surface area contributed by atoms with E-state index in [0.29, 0.717) is 22.2 Å². The summed E-state index contributed by atoms with van der Waals surface area (Å²) in [4.78, 5) is 11.8. The van der Waals surface area contributed by atoms with Gasteiger partial charge < -0.3 is 4.74 Å². The Balaban J connectivity index is 2.38. The van der Waals surface area contributed by atoms with Gasteiger partial charge in [-0.1, -0.05) is 35.0 Å². The minimum atomic E-state index is -0.470. The summed E-state index contributed by atoms with van der Waals surface area (Å²) in [5.41, 5.74) is 0.462. The topological polar surface area (TPSA) is 26.3 Å². The van der Waals surface area contributed by atoms with E-state index >= 15 is 0 Å². The minimum Gasteiger partial charge on any atom is -0.453 e. The van der Waals surface area contributed by atoms with Gasteiger partial charge in [0.15, 0.2) is 17.3 Å². The summed E-state index contributed by atoms with van der Waals surface area (Å²) in [5, 5.41) is 0. The second-order valence-corrected chi connectivity index (χ2v) is 4.87. The zero-order chi connectivity index (χ0) is 13.8. The van der Waals surface area contributed by atoms with Crippen molar-refractivity contribution >= 4 is 21.7 Å². The van der Waals surface area contributed by atoms with Crippen molar-refractivity contribution in [1.82, 2.24) is 0 Å². The maximum Gasteiger partial charge on any atom is 0.166 e. The van der Waals surface area contributed by atoms with Gasteiger partial charge in [0.1, 0.15) is 5.75 Å². The molecule has 0 N–H and O–H groups in total. The highest BCUT2D eigenvalue weighted by atomic mass is 79.9. The maximum atomic E-state index is 13.6. The molecule has 0 atom stereocenters. The number of carbonyl (C=O) groups is 1. The van der Waals surface area contributed by atoms with Crippen molar-refractivity contribution in [2.75, 3.05) is 0 Å². The van der Waals surface area contributed by atoms with E-state index in [1.54, 1.807) is 37.3 Å². The summed E-state index contributed by atoms with van der Waals surface area (Å²) in [7, 11) is 0. The molecule has 2 aromatic carbocycles. The number of para-hydroxylation sites is 1. The average molecular weight is 323 g/mol. The SMILES string of the molecule is CCC(=O)c1ccccc1Oc1cc(Br)ccc1F. The first-order chi connectivity index (χ1) is 9.11.